The number of aliphatic hydroxyl groups excluding tert-OH is 1. The zero-order valence-corrected chi connectivity index (χ0v) is 12.4. The molecule has 0 saturated carbocycles. The van der Waals surface area contributed by atoms with Crippen molar-refractivity contribution in [2.75, 3.05) is 7.05 Å². The highest BCUT2D eigenvalue weighted by Crippen LogP contribution is 2.23. The second-order valence-electron chi connectivity index (χ2n) is 4.62. The summed E-state index contributed by atoms with van der Waals surface area (Å²) in [5.74, 6) is -1.10. The minimum absolute atomic E-state index is 0.0155. The summed E-state index contributed by atoms with van der Waals surface area (Å²) >= 11 is 5.85. The van der Waals surface area contributed by atoms with E-state index in [0.717, 1.165) is 5.56 Å². The predicted molar refractivity (Wildman–Crippen MR) is 78.5 cm³/mol. The molecule has 0 aliphatic rings. The number of carboxylic acids is 1. The van der Waals surface area contributed by atoms with Crippen molar-refractivity contribution >= 4 is 17.6 Å². The molecule has 0 amide bonds. The highest BCUT2D eigenvalue weighted by molar-refractivity contribution is 6.30. The van der Waals surface area contributed by atoms with Gasteiger partial charge in [-0.3, -0.25) is 10.00 Å². The van der Waals surface area contributed by atoms with E-state index in [1.54, 1.807) is 19.2 Å². The number of carbonyl (C=O) groups is 1. The summed E-state index contributed by atoms with van der Waals surface area (Å²) < 4.78 is 1.38. The van der Waals surface area contributed by atoms with E-state index >= 15 is 0 Å². The lowest BCUT2D eigenvalue weighted by Crippen LogP contribution is -2.18. The highest BCUT2D eigenvalue weighted by Gasteiger charge is 2.22. The van der Waals surface area contributed by atoms with E-state index < -0.39 is 12.2 Å². The average Bonchev–Trinajstić information content (AvgIpc) is 2.92. The number of benzene rings is 1. The summed E-state index contributed by atoms with van der Waals surface area (Å²) in [5, 5.41) is 26.4. The lowest BCUT2D eigenvalue weighted by atomic mass is 10.1. The Hall–Kier alpha value is -1.89. The third-order valence-corrected chi connectivity index (χ3v) is 3.50. The van der Waals surface area contributed by atoms with Crippen LogP contribution >= 0.6 is 11.6 Å². The van der Waals surface area contributed by atoms with Gasteiger partial charge in [-0.05, 0) is 37.7 Å². The number of rotatable bonds is 5. The van der Waals surface area contributed by atoms with Crippen LogP contribution in [-0.2, 0) is 0 Å². The Balaban J connectivity index is 2.43. The number of aliphatic hydroxyl groups is 1. The molecule has 112 valence electrons. The topological polar surface area (TPSA) is 87.4 Å². The predicted octanol–water partition coefficient (Wildman–Crippen LogP) is 2.05. The lowest BCUT2D eigenvalue weighted by Gasteiger charge is -2.15. The molecule has 0 radical (unpaired) electrons. The first-order chi connectivity index (χ1) is 9.93. The fourth-order valence-electron chi connectivity index (χ4n) is 2.03. The lowest BCUT2D eigenvalue weighted by molar-refractivity contribution is 0.0682. The van der Waals surface area contributed by atoms with Gasteiger partial charge in [0, 0.05) is 5.02 Å². The molecule has 0 saturated heterocycles. The SMILES string of the molecule is CNC(O)c1cc(C(=O)O)n([C@@H](C)c2ccc(Cl)cc2)n1. The van der Waals surface area contributed by atoms with E-state index in [9.17, 15) is 15.0 Å². The molecule has 1 aromatic heterocycles. The third-order valence-electron chi connectivity index (χ3n) is 3.25. The smallest absolute Gasteiger partial charge is 0.354 e. The number of nitrogens with one attached hydrogen (secondary N) is 1. The van der Waals surface area contributed by atoms with Crippen molar-refractivity contribution in [3.63, 3.8) is 0 Å². The first-order valence-electron chi connectivity index (χ1n) is 6.37. The minimum Gasteiger partial charge on any atom is -0.477 e. The van der Waals surface area contributed by atoms with Crippen LogP contribution in [-0.4, -0.2) is 33.0 Å². The van der Waals surface area contributed by atoms with Crippen LogP contribution in [0.1, 0.15) is 40.9 Å². The minimum atomic E-state index is -1.10. The van der Waals surface area contributed by atoms with Crippen LogP contribution in [0, 0.1) is 0 Å². The number of aromatic carboxylic acids is 1. The van der Waals surface area contributed by atoms with Crippen LogP contribution in [0.2, 0.25) is 5.02 Å². The van der Waals surface area contributed by atoms with Crippen LogP contribution in [0.3, 0.4) is 0 Å². The number of halogens is 1. The maximum atomic E-state index is 11.4. The van der Waals surface area contributed by atoms with Crippen LogP contribution in [0.25, 0.3) is 0 Å². The summed E-state index contributed by atoms with van der Waals surface area (Å²) in [6.45, 7) is 1.83. The Morgan fingerprint density at radius 2 is 2.00 bits per heavy atom. The van der Waals surface area contributed by atoms with Crippen LogP contribution < -0.4 is 5.32 Å². The molecular weight excluding hydrogens is 294 g/mol. The molecule has 0 spiro atoms. The van der Waals surface area contributed by atoms with Crippen LogP contribution in [0.4, 0.5) is 0 Å². The molecule has 21 heavy (non-hydrogen) atoms. The van der Waals surface area contributed by atoms with Crippen molar-refractivity contribution in [2.45, 2.75) is 19.2 Å². The molecule has 0 aliphatic heterocycles. The molecule has 1 aromatic carbocycles. The van der Waals surface area contributed by atoms with Gasteiger partial charge in [-0.1, -0.05) is 23.7 Å². The fraction of sp³-hybridized carbons (Fsp3) is 0.286. The molecule has 0 bridgehead atoms. The van der Waals surface area contributed by atoms with Gasteiger partial charge in [-0.25, -0.2) is 4.79 Å². The monoisotopic (exact) mass is 309 g/mol. The van der Waals surface area contributed by atoms with E-state index in [0.29, 0.717) is 5.02 Å². The Morgan fingerprint density at radius 1 is 1.38 bits per heavy atom. The molecule has 6 nitrogen and oxygen atoms in total. The maximum Gasteiger partial charge on any atom is 0.354 e. The molecule has 0 aliphatic carbocycles. The van der Waals surface area contributed by atoms with Gasteiger partial charge in [0.2, 0.25) is 0 Å². The summed E-state index contributed by atoms with van der Waals surface area (Å²) in [7, 11) is 1.56. The second kappa shape index (κ2) is 6.26. The number of aromatic nitrogens is 2. The second-order valence-corrected chi connectivity index (χ2v) is 5.06. The molecule has 3 N–H and O–H groups in total. The maximum absolute atomic E-state index is 11.4. The van der Waals surface area contributed by atoms with Crippen molar-refractivity contribution in [3.8, 4) is 0 Å². The molecular formula is C14H16ClN3O3. The van der Waals surface area contributed by atoms with E-state index in [1.165, 1.54) is 10.7 Å². The first-order valence-corrected chi connectivity index (χ1v) is 6.75. The Morgan fingerprint density at radius 3 is 2.52 bits per heavy atom. The number of hydrogen-bond donors (Lipinski definition) is 3. The van der Waals surface area contributed by atoms with Crippen LogP contribution in [0.5, 0.6) is 0 Å². The Bertz CT molecular complexity index is 639. The molecule has 1 unspecified atom stereocenters. The Labute approximate surface area is 127 Å². The van der Waals surface area contributed by atoms with Crippen LogP contribution in [0.15, 0.2) is 30.3 Å². The van der Waals surface area contributed by atoms with Gasteiger partial charge in [0.05, 0.1) is 6.04 Å². The first kappa shape index (κ1) is 15.5. The average molecular weight is 310 g/mol. The zero-order valence-electron chi connectivity index (χ0n) is 11.6. The molecule has 2 aromatic rings. The van der Waals surface area contributed by atoms with Crippen molar-refractivity contribution in [2.24, 2.45) is 0 Å². The summed E-state index contributed by atoms with van der Waals surface area (Å²) in [6, 6.07) is 8.16. The fourth-order valence-corrected chi connectivity index (χ4v) is 2.16. The molecule has 2 atom stereocenters. The van der Waals surface area contributed by atoms with Crippen molar-refractivity contribution in [1.29, 1.82) is 0 Å². The summed E-state index contributed by atoms with van der Waals surface area (Å²) in [6.07, 6.45) is -1.01. The molecule has 7 heteroatoms. The van der Waals surface area contributed by atoms with E-state index in [1.807, 2.05) is 19.1 Å². The zero-order chi connectivity index (χ0) is 15.6. The van der Waals surface area contributed by atoms with Gasteiger partial charge in [0.1, 0.15) is 17.6 Å². The van der Waals surface area contributed by atoms with E-state index in [2.05, 4.69) is 10.4 Å². The standard InChI is InChI=1S/C14H16ClN3O3/c1-8(9-3-5-10(15)6-4-9)18-12(14(20)21)7-11(17-18)13(19)16-2/h3-8,13,16,19H,1-2H3,(H,20,21)/t8-,13?/m0/s1. The van der Waals surface area contributed by atoms with Gasteiger partial charge in [-0.15, -0.1) is 0 Å². The molecule has 0 fully saturated rings. The van der Waals surface area contributed by atoms with Crippen molar-refractivity contribution in [1.82, 2.24) is 15.1 Å². The summed E-state index contributed by atoms with van der Waals surface area (Å²) in [5.41, 5.74) is 1.15. The highest BCUT2D eigenvalue weighted by atomic mass is 35.5. The third kappa shape index (κ3) is 3.24. The number of hydrogen-bond acceptors (Lipinski definition) is 4. The molecule has 1 heterocycles. The van der Waals surface area contributed by atoms with Gasteiger partial charge in [-0.2, -0.15) is 5.10 Å². The van der Waals surface area contributed by atoms with Crippen molar-refractivity contribution < 1.29 is 15.0 Å². The van der Waals surface area contributed by atoms with Gasteiger partial charge in [0.25, 0.3) is 0 Å². The number of nitrogens with zero attached hydrogens (tertiary/aromatic N) is 2. The number of carboxylic acid groups (broad SMARTS) is 1. The quantitative estimate of drug-likeness (QED) is 0.736. The van der Waals surface area contributed by atoms with Crippen molar-refractivity contribution in [3.05, 3.63) is 52.3 Å². The van der Waals surface area contributed by atoms with Gasteiger partial charge < -0.3 is 10.2 Å². The summed E-state index contributed by atoms with van der Waals surface area (Å²) in [4.78, 5) is 11.4. The normalized spacial score (nSPS) is 13.9. The van der Waals surface area contributed by atoms with Gasteiger partial charge >= 0.3 is 5.97 Å². The molecule has 2 rings (SSSR count). The largest absolute Gasteiger partial charge is 0.477 e. The Kier molecular flexibility index (Phi) is 4.62. The van der Waals surface area contributed by atoms with Gasteiger partial charge in [0.15, 0.2) is 0 Å². The van der Waals surface area contributed by atoms with E-state index in [4.69, 9.17) is 11.6 Å². The van der Waals surface area contributed by atoms with E-state index in [-0.39, 0.29) is 17.4 Å².